The van der Waals surface area contributed by atoms with Gasteiger partial charge in [0, 0.05) is 37.1 Å². The molecule has 1 aliphatic heterocycles. The predicted molar refractivity (Wildman–Crippen MR) is 76.2 cm³/mol. The van der Waals surface area contributed by atoms with Crippen LogP contribution in [0.3, 0.4) is 0 Å². The molecule has 18 heavy (non-hydrogen) atoms. The van der Waals surface area contributed by atoms with Crippen molar-refractivity contribution in [1.82, 2.24) is 9.88 Å². The Kier molecular flexibility index (Phi) is 4.47. The number of piperidine rings is 1. The first kappa shape index (κ1) is 13.2. The summed E-state index contributed by atoms with van der Waals surface area (Å²) in [6.07, 6.45) is 6.01. The van der Waals surface area contributed by atoms with Crippen LogP contribution in [0.5, 0.6) is 0 Å². The Morgan fingerprint density at radius 2 is 2.22 bits per heavy atom. The van der Waals surface area contributed by atoms with Crippen molar-refractivity contribution in [3.05, 3.63) is 23.9 Å². The molecule has 0 atom stereocenters. The molecule has 2 heterocycles. The first-order valence-electron chi connectivity index (χ1n) is 6.20. The van der Waals surface area contributed by atoms with E-state index in [1.165, 1.54) is 0 Å². The van der Waals surface area contributed by atoms with Gasteiger partial charge in [-0.05, 0) is 31.2 Å². The van der Waals surface area contributed by atoms with E-state index in [9.17, 15) is 4.79 Å². The molecule has 4 nitrogen and oxygen atoms in total. The minimum absolute atomic E-state index is 0.119. The minimum Gasteiger partial charge on any atom is -0.373 e. The molecule has 1 amide bonds. The first-order chi connectivity index (χ1) is 8.74. The maximum absolute atomic E-state index is 12.3. The normalized spacial score (nSPS) is 16.7. The number of anilines is 1. The lowest BCUT2D eigenvalue weighted by Gasteiger charge is -2.31. The van der Waals surface area contributed by atoms with Gasteiger partial charge in [-0.15, -0.1) is 0 Å². The molecular formula is C13H19N3OS. The van der Waals surface area contributed by atoms with Crippen molar-refractivity contribution >= 4 is 23.5 Å². The summed E-state index contributed by atoms with van der Waals surface area (Å²) in [5.41, 5.74) is 0.719. The van der Waals surface area contributed by atoms with E-state index < -0.39 is 0 Å². The van der Waals surface area contributed by atoms with Crippen LogP contribution in [-0.2, 0) is 0 Å². The van der Waals surface area contributed by atoms with E-state index in [4.69, 9.17) is 0 Å². The summed E-state index contributed by atoms with van der Waals surface area (Å²) in [7, 11) is 1.81. The minimum atomic E-state index is 0.119. The monoisotopic (exact) mass is 265 g/mol. The molecule has 0 aromatic carbocycles. The lowest BCUT2D eigenvalue weighted by molar-refractivity contribution is 0.0727. The van der Waals surface area contributed by atoms with E-state index in [1.807, 2.05) is 22.7 Å². The van der Waals surface area contributed by atoms with Crippen LogP contribution < -0.4 is 5.32 Å². The van der Waals surface area contributed by atoms with Crippen molar-refractivity contribution in [2.24, 2.45) is 0 Å². The van der Waals surface area contributed by atoms with Crippen LogP contribution >= 0.6 is 11.8 Å². The van der Waals surface area contributed by atoms with Crippen LogP contribution in [0, 0.1) is 0 Å². The maximum atomic E-state index is 12.3. The number of amides is 1. The predicted octanol–water partition coefficient (Wildman–Crippen LogP) is 2.09. The lowest BCUT2D eigenvalue weighted by atomic mass is 10.1. The van der Waals surface area contributed by atoms with Gasteiger partial charge in [-0.3, -0.25) is 4.79 Å². The van der Waals surface area contributed by atoms with Gasteiger partial charge in [-0.1, -0.05) is 0 Å². The average molecular weight is 265 g/mol. The Morgan fingerprint density at radius 3 is 2.83 bits per heavy atom. The molecule has 2 rings (SSSR count). The van der Waals surface area contributed by atoms with Gasteiger partial charge in [0.05, 0.1) is 0 Å². The lowest BCUT2D eigenvalue weighted by Crippen LogP contribution is -2.39. The summed E-state index contributed by atoms with van der Waals surface area (Å²) >= 11 is 1.90. The Labute approximate surface area is 112 Å². The van der Waals surface area contributed by atoms with Crippen molar-refractivity contribution in [2.75, 3.05) is 31.7 Å². The van der Waals surface area contributed by atoms with Gasteiger partial charge in [0.25, 0.3) is 5.91 Å². The third kappa shape index (κ3) is 2.96. The van der Waals surface area contributed by atoms with Crippen molar-refractivity contribution in [1.29, 1.82) is 0 Å². The van der Waals surface area contributed by atoms with E-state index in [1.54, 1.807) is 19.3 Å². The quantitative estimate of drug-likeness (QED) is 0.909. The average Bonchev–Trinajstić information content (AvgIpc) is 2.46. The highest BCUT2D eigenvalue weighted by molar-refractivity contribution is 7.99. The zero-order valence-corrected chi connectivity index (χ0v) is 11.7. The summed E-state index contributed by atoms with van der Waals surface area (Å²) < 4.78 is 0. The van der Waals surface area contributed by atoms with E-state index in [0.29, 0.717) is 5.25 Å². The van der Waals surface area contributed by atoms with E-state index in [-0.39, 0.29) is 5.91 Å². The molecule has 0 spiro atoms. The maximum Gasteiger partial charge on any atom is 0.254 e. The van der Waals surface area contributed by atoms with Crippen molar-refractivity contribution in [2.45, 2.75) is 18.1 Å². The fourth-order valence-corrected chi connectivity index (χ4v) is 2.86. The van der Waals surface area contributed by atoms with Crippen molar-refractivity contribution in [3.63, 3.8) is 0 Å². The SMILES string of the molecule is CNc1cc(C(=O)N2CCC(SC)CC2)ccn1. The second-order valence-electron chi connectivity index (χ2n) is 4.41. The van der Waals surface area contributed by atoms with Crippen molar-refractivity contribution < 1.29 is 4.79 Å². The number of thioether (sulfide) groups is 1. The number of likely N-dealkylation sites (tertiary alicyclic amines) is 1. The van der Waals surface area contributed by atoms with Crippen LogP contribution in [0.15, 0.2) is 18.3 Å². The molecule has 0 radical (unpaired) electrons. The molecule has 1 fully saturated rings. The third-order valence-corrected chi connectivity index (χ3v) is 4.46. The zero-order valence-electron chi connectivity index (χ0n) is 10.8. The van der Waals surface area contributed by atoms with Gasteiger partial charge < -0.3 is 10.2 Å². The number of rotatable bonds is 3. The highest BCUT2D eigenvalue weighted by Crippen LogP contribution is 2.22. The molecule has 1 aromatic heterocycles. The number of hydrogen-bond donors (Lipinski definition) is 1. The standard InChI is InChI=1S/C13H19N3OS/c1-14-12-9-10(3-6-15-12)13(17)16-7-4-11(18-2)5-8-16/h3,6,9,11H,4-5,7-8H2,1-2H3,(H,14,15). The smallest absolute Gasteiger partial charge is 0.254 e. The number of carbonyl (C=O) groups is 1. The Morgan fingerprint density at radius 1 is 1.50 bits per heavy atom. The summed E-state index contributed by atoms with van der Waals surface area (Å²) in [6, 6.07) is 3.59. The number of carbonyl (C=O) groups excluding carboxylic acids is 1. The Hall–Kier alpha value is -1.23. The molecule has 0 aliphatic carbocycles. The number of aromatic nitrogens is 1. The fourth-order valence-electron chi connectivity index (χ4n) is 2.18. The zero-order chi connectivity index (χ0) is 13.0. The van der Waals surface area contributed by atoms with Gasteiger partial charge in [0.1, 0.15) is 5.82 Å². The first-order valence-corrected chi connectivity index (χ1v) is 7.49. The summed E-state index contributed by atoms with van der Waals surface area (Å²) in [4.78, 5) is 18.4. The molecular weight excluding hydrogens is 246 g/mol. The summed E-state index contributed by atoms with van der Waals surface area (Å²) in [6.45, 7) is 1.73. The van der Waals surface area contributed by atoms with Crippen LogP contribution in [0.1, 0.15) is 23.2 Å². The topological polar surface area (TPSA) is 45.2 Å². The molecule has 1 aromatic rings. The molecule has 1 N–H and O–H groups in total. The Balaban J connectivity index is 2.03. The molecule has 98 valence electrons. The number of nitrogens with zero attached hydrogens (tertiary/aromatic N) is 2. The molecule has 1 saturated heterocycles. The summed E-state index contributed by atoms with van der Waals surface area (Å²) in [5.74, 6) is 0.855. The summed E-state index contributed by atoms with van der Waals surface area (Å²) in [5, 5.41) is 3.66. The largest absolute Gasteiger partial charge is 0.373 e. The van der Waals surface area contributed by atoms with Gasteiger partial charge in [-0.25, -0.2) is 4.98 Å². The van der Waals surface area contributed by atoms with Gasteiger partial charge in [0.15, 0.2) is 0 Å². The molecule has 0 unspecified atom stereocenters. The van der Waals surface area contributed by atoms with Crippen LogP contribution in [0.4, 0.5) is 5.82 Å². The van der Waals surface area contributed by atoms with Crippen molar-refractivity contribution in [3.8, 4) is 0 Å². The second kappa shape index (κ2) is 6.09. The number of hydrogen-bond acceptors (Lipinski definition) is 4. The molecule has 0 bridgehead atoms. The number of pyridine rings is 1. The van der Waals surface area contributed by atoms with Gasteiger partial charge in [0.2, 0.25) is 0 Å². The third-order valence-electron chi connectivity index (χ3n) is 3.33. The second-order valence-corrected chi connectivity index (χ2v) is 5.55. The van der Waals surface area contributed by atoms with E-state index in [0.717, 1.165) is 37.3 Å². The Bertz CT molecular complexity index is 416. The van der Waals surface area contributed by atoms with Crippen LogP contribution in [-0.4, -0.2) is 47.4 Å². The van der Waals surface area contributed by atoms with Crippen LogP contribution in [0.25, 0.3) is 0 Å². The molecule has 0 saturated carbocycles. The fraction of sp³-hybridized carbons (Fsp3) is 0.538. The highest BCUT2D eigenvalue weighted by atomic mass is 32.2. The number of nitrogens with one attached hydrogen (secondary N) is 1. The molecule has 5 heteroatoms. The van der Waals surface area contributed by atoms with E-state index in [2.05, 4.69) is 16.6 Å². The van der Waals surface area contributed by atoms with Gasteiger partial charge in [-0.2, -0.15) is 11.8 Å². The van der Waals surface area contributed by atoms with E-state index >= 15 is 0 Å². The van der Waals surface area contributed by atoms with Gasteiger partial charge >= 0.3 is 0 Å². The van der Waals surface area contributed by atoms with Crippen LogP contribution in [0.2, 0.25) is 0 Å². The highest BCUT2D eigenvalue weighted by Gasteiger charge is 2.23. The molecule has 1 aliphatic rings.